The fourth-order valence-electron chi connectivity index (χ4n) is 1.65. The smallest absolute Gasteiger partial charge is 0.249 e. The average Bonchev–Trinajstić information content (AvgIpc) is 2.43. The molecule has 0 saturated carbocycles. The van der Waals surface area contributed by atoms with Crippen LogP contribution >= 0.6 is 11.6 Å². The van der Waals surface area contributed by atoms with Gasteiger partial charge in [-0.25, -0.2) is 0 Å². The zero-order valence-corrected chi connectivity index (χ0v) is 12.2. The third-order valence-corrected chi connectivity index (χ3v) is 3.17. The summed E-state index contributed by atoms with van der Waals surface area (Å²) in [5.41, 5.74) is 0.998. The van der Waals surface area contributed by atoms with Gasteiger partial charge in [0.25, 0.3) is 0 Å². The lowest BCUT2D eigenvalue weighted by molar-refractivity contribution is -0.131. The van der Waals surface area contributed by atoms with Gasteiger partial charge in [0.1, 0.15) is 6.10 Å². The molecule has 0 spiro atoms. The van der Waals surface area contributed by atoms with E-state index >= 15 is 0 Å². The molecule has 0 unspecified atom stereocenters. The normalized spacial score (nSPS) is 13.9. The molecule has 0 bridgehead atoms. The summed E-state index contributed by atoms with van der Waals surface area (Å²) in [5, 5.41) is 3.62. The second kappa shape index (κ2) is 8.15. The van der Waals surface area contributed by atoms with Crippen molar-refractivity contribution in [2.24, 2.45) is 0 Å². The van der Waals surface area contributed by atoms with E-state index in [-0.39, 0.29) is 11.9 Å². The summed E-state index contributed by atoms with van der Waals surface area (Å²) in [4.78, 5) is 11.9. The summed E-state index contributed by atoms with van der Waals surface area (Å²) < 4.78 is 10.1. The maximum absolute atomic E-state index is 11.9. The fourth-order valence-corrected chi connectivity index (χ4v) is 1.78. The third-order valence-electron chi connectivity index (χ3n) is 2.92. The fraction of sp³-hybridized carbons (Fsp3) is 0.500. The van der Waals surface area contributed by atoms with Crippen LogP contribution in [-0.4, -0.2) is 32.8 Å². The lowest BCUT2D eigenvalue weighted by Gasteiger charge is -2.21. The Morgan fingerprint density at radius 3 is 2.47 bits per heavy atom. The summed E-state index contributed by atoms with van der Waals surface area (Å²) in [5.74, 6) is -0.140. The van der Waals surface area contributed by atoms with Gasteiger partial charge in [0.15, 0.2) is 0 Å². The second-order valence-electron chi connectivity index (χ2n) is 4.27. The van der Waals surface area contributed by atoms with Gasteiger partial charge in [0.05, 0.1) is 6.04 Å². The van der Waals surface area contributed by atoms with Crippen LogP contribution in [0.3, 0.4) is 0 Å². The number of carbonyl (C=O) groups is 1. The molecule has 0 radical (unpaired) electrons. The van der Waals surface area contributed by atoms with Gasteiger partial charge in [-0.15, -0.1) is 0 Å². The molecule has 0 aliphatic carbocycles. The first-order valence-electron chi connectivity index (χ1n) is 6.16. The third kappa shape index (κ3) is 5.19. The summed E-state index contributed by atoms with van der Waals surface area (Å²) in [7, 11) is 3.15. The topological polar surface area (TPSA) is 47.6 Å². The number of ether oxygens (including phenoxy) is 2. The molecule has 4 nitrogen and oxygen atoms in total. The molecule has 1 aromatic rings. The maximum Gasteiger partial charge on any atom is 0.249 e. The van der Waals surface area contributed by atoms with Gasteiger partial charge in [-0.2, -0.15) is 0 Å². The van der Waals surface area contributed by atoms with E-state index in [1.54, 1.807) is 14.0 Å². The number of methoxy groups -OCH3 is 2. The molecule has 0 fully saturated rings. The molecule has 1 amide bonds. The van der Waals surface area contributed by atoms with Crippen molar-refractivity contribution in [2.45, 2.75) is 25.5 Å². The van der Waals surface area contributed by atoms with Gasteiger partial charge < -0.3 is 14.8 Å². The first-order chi connectivity index (χ1) is 9.08. The highest BCUT2D eigenvalue weighted by Gasteiger charge is 2.18. The average molecular weight is 286 g/mol. The summed E-state index contributed by atoms with van der Waals surface area (Å²) in [6.07, 6.45) is 0.220. The van der Waals surface area contributed by atoms with Crippen molar-refractivity contribution < 1.29 is 14.3 Å². The molecule has 0 aromatic heterocycles. The highest BCUT2D eigenvalue weighted by Crippen LogP contribution is 2.19. The zero-order valence-electron chi connectivity index (χ0n) is 11.5. The van der Waals surface area contributed by atoms with Gasteiger partial charge >= 0.3 is 0 Å². The number of carbonyl (C=O) groups excluding carboxylic acids is 1. The molecule has 0 heterocycles. The van der Waals surface area contributed by atoms with Crippen LogP contribution in [0.5, 0.6) is 0 Å². The number of amides is 1. The molecular formula is C14H20ClNO3. The van der Waals surface area contributed by atoms with Crippen molar-refractivity contribution in [3.63, 3.8) is 0 Å². The number of hydrogen-bond acceptors (Lipinski definition) is 3. The van der Waals surface area contributed by atoms with E-state index < -0.39 is 6.10 Å². The van der Waals surface area contributed by atoms with Gasteiger partial charge in [-0.3, -0.25) is 4.79 Å². The highest BCUT2D eigenvalue weighted by atomic mass is 35.5. The van der Waals surface area contributed by atoms with Crippen LogP contribution in [0, 0.1) is 0 Å². The largest absolute Gasteiger partial charge is 0.385 e. The summed E-state index contributed by atoms with van der Waals surface area (Å²) in [6, 6.07) is 7.31. The van der Waals surface area contributed by atoms with Crippen LogP contribution in [0.2, 0.25) is 5.02 Å². The van der Waals surface area contributed by atoms with E-state index in [0.29, 0.717) is 18.1 Å². The van der Waals surface area contributed by atoms with Gasteiger partial charge in [0.2, 0.25) is 5.91 Å². The molecule has 1 rings (SSSR count). The van der Waals surface area contributed by atoms with E-state index in [9.17, 15) is 4.79 Å². The van der Waals surface area contributed by atoms with Crippen LogP contribution in [0.25, 0.3) is 0 Å². The Morgan fingerprint density at radius 2 is 1.95 bits per heavy atom. The molecule has 106 valence electrons. The van der Waals surface area contributed by atoms with Crippen LogP contribution in [0.15, 0.2) is 24.3 Å². The van der Waals surface area contributed by atoms with Gasteiger partial charge in [-0.1, -0.05) is 23.7 Å². The Balaban J connectivity index is 2.76. The molecule has 0 saturated heterocycles. The highest BCUT2D eigenvalue weighted by molar-refractivity contribution is 6.30. The Kier molecular flexibility index (Phi) is 6.84. The predicted molar refractivity (Wildman–Crippen MR) is 75.3 cm³/mol. The van der Waals surface area contributed by atoms with E-state index in [2.05, 4.69) is 5.32 Å². The van der Waals surface area contributed by atoms with Crippen LogP contribution in [-0.2, 0) is 14.3 Å². The molecule has 2 atom stereocenters. The first-order valence-corrected chi connectivity index (χ1v) is 6.53. The SMILES string of the molecule is COCC[C@H](NC(=O)[C@H](C)OC)c1ccc(Cl)cc1. The van der Waals surface area contributed by atoms with Crippen molar-refractivity contribution in [3.8, 4) is 0 Å². The predicted octanol–water partition coefficient (Wildman–Crippen LogP) is 2.57. The number of nitrogens with one attached hydrogen (secondary N) is 1. The number of hydrogen-bond donors (Lipinski definition) is 1. The lowest BCUT2D eigenvalue weighted by Crippen LogP contribution is -2.37. The molecule has 0 aliphatic heterocycles. The molecule has 19 heavy (non-hydrogen) atoms. The van der Waals surface area contributed by atoms with Crippen molar-refractivity contribution in [3.05, 3.63) is 34.9 Å². The van der Waals surface area contributed by atoms with Crippen LogP contribution in [0.1, 0.15) is 24.9 Å². The van der Waals surface area contributed by atoms with Gasteiger partial charge in [0, 0.05) is 25.8 Å². The Bertz CT molecular complexity index is 394. The standard InChI is InChI=1S/C14H20ClNO3/c1-10(19-3)14(17)16-13(8-9-18-2)11-4-6-12(15)7-5-11/h4-7,10,13H,8-9H2,1-3H3,(H,16,17)/t10-,13-/m0/s1. The molecule has 1 aromatic carbocycles. The quantitative estimate of drug-likeness (QED) is 0.837. The second-order valence-corrected chi connectivity index (χ2v) is 4.71. The Labute approximate surface area is 119 Å². The first kappa shape index (κ1) is 16.0. The maximum atomic E-state index is 11.9. The van der Waals surface area contributed by atoms with E-state index in [4.69, 9.17) is 21.1 Å². The molecule has 5 heteroatoms. The van der Waals surface area contributed by atoms with Gasteiger partial charge in [-0.05, 0) is 31.0 Å². The summed E-state index contributed by atoms with van der Waals surface area (Å²) in [6.45, 7) is 2.28. The number of benzene rings is 1. The van der Waals surface area contributed by atoms with Crippen molar-refractivity contribution >= 4 is 17.5 Å². The lowest BCUT2D eigenvalue weighted by atomic mass is 10.0. The van der Waals surface area contributed by atoms with Crippen molar-refractivity contribution in [2.75, 3.05) is 20.8 Å². The van der Waals surface area contributed by atoms with Crippen molar-refractivity contribution in [1.29, 1.82) is 0 Å². The minimum atomic E-state index is -0.475. The summed E-state index contributed by atoms with van der Waals surface area (Å²) >= 11 is 5.87. The van der Waals surface area contributed by atoms with E-state index in [0.717, 1.165) is 5.56 Å². The Hall–Kier alpha value is -1.10. The zero-order chi connectivity index (χ0) is 14.3. The Morgan fingerprint density at radius 1 is 1.32 bits per heavy atom. The number of rotatable bonds is 7. The molecule has 0 aliphatic rings. The minimum Gasteiger partial charge on any atom is -0.385 e. The molecule has 1 N–H and O–H groups in total. The monoisotopic (exact) mass is 285 g/mol. The number of halogens is 1. The van der Waals surface area contributed by atoms with E-state index in [1.165, 1.54) is 7.11 Å². The van der Waals surface area contributed by atoms with Crippen LogP contribution < -0.4 is 5.32 Å². The van der Waals surface area contributed by atoms with E-state index in [1.807, 2.05) is 24.3 Å². The minimum absolute atomic E-state index is 0.109. The van der Waals surface area contributed by atoms with Crippen LogP contribution in [0.4, 0.5) is 0 Å². The van der Waals surface area contributed by atoms with Crippen molar-refractivity contribution in [1.82, 2.24) is 5.32 Å². The molecular weight excluding hydrogens is 266 g/mol.